The first-order valence-electron chi connectivity index (χ1n) is 5.92. The van der Waals surface area contributed by atoms with E-state index in [0.717, 1.165) is 11.1 Å². The van der Waals surface area contributed by atoms with E-state index in [9.17, 15) is 4.39 Å². The Labute approximate surface area is 122 Å². The number of hydrogen-bond acceptors (Lipinski definition) is 1. The molecule has 1 nitrogen and oxygen atoms in total. The van der Waals surface area contributed by atoms with Gasteiger partial charge in [0.2, 0.25) is 0 Å². The van der Waals surface area contributed by atoms with Crippen molar-refractivity contribution in [3.8, 4) is 0 Å². The Kier molecular flexibility index (Phi) is 4.46. The van der Waals surface area contributed by atoms with Crippen molar-refractivity contribution in [2.24, 2.45) is 0 Å². The van der Waals surface area contributed by atoms with Crippen molar-refractivity contribution in [3.05, 3.63) is 69.0 Å². The topological polar surface area (TPSA) is 12.0 Å². The van der Waals surface area contributed by atoms with Gasteiger partial charge in [0.15, 0.2) is 0 Å². The monoisotopic (exact) mass is 297 g/mol. The minimum atomic E-state index is -0.328. The predicted octanol–water partition coefficient (Wildman–Crippen LogP) is 4.75. The molecule has 1 N–H and O–H groups in total. The molecule has 0 aliphatic rings. The van der Waals surface area contributed by atoms with Gasteiger partial charge in [-0.3, -0.25) is 0 Å². The number of benzene rings is 2. The van der Waals surface area contributed by atoms with Crippen molar-refractivity contribution >= 4 is 23.2 Å². The van der Waals surface area contributed by atoms with Gasteiger partial charge in [-0.2, -0.15) is 0 Å². The van der Waals surface area contributed by atoms with Gasteiger partial charge in [0, 0.05) is 5.56 Å². The molecule has 0 aliphatic heterocycles. The average Bonchev–Trinajstić information content (AvgIpc) is 2.39. The summed E-state index contributed by atoms with van der Waals surface area (Å²) < 4.78 is 14.0. The van der Waals surface area contributed by atoms with Crippen LogP contribution in [0.5, 0.6) is 0 Å². The zero-order chi connectivity index (χ0) is 14.0. The van der Waals surface area contributed by atoms with Crippen molar-refractivity contribution < 1.29 is 4.39 Å². The molecule has 2 aromatic carbocycles. The number of aryl methyl sites for hydroxylation is 1. The van der Waals surface area contributed by atoms with Crippen LogP contribution in [0.25, 0.3) is 0 Å². The number of hydrogen-bond donors (Lipinski definition) is 1. The summed E-state index contributed by atoms with van der Waals surface area (Å²) in [4.78, 5) is 0. The van der Waals surface area contributed by atoms with E-state index < -0.39 is 0 Å². The summed E-state index contributed by atoms with van der Waals surface area (Å²) >= 11 is 12.2. The van der Waals surface area contributed by atoms with Crippen LogP contribution >= 0.6 is 23.2 Å². The third-order valence-corrected chi connectivity index (χ3v) is 3.88. The predicted molar refractivity (Wildman–Crippen MR) is 78.5 cm³/mol. The molecule has 0 heterocycles. The molecule has 0 spiro atoms. The summed E-state index contributed by atoms with van der Waals surface area (Å²) in [6.45, 7) is 1.93. The molecule has 100 valence electrons. The van der Waals surface area contributed by atoms with Crippen LogP contribution in [0.3, 0.4) is 0 Å². The Morgan fingerprint density at radius 3 is 2.53 bits per heavy atom. The highest BCUT2D eigenvalue weighted by molar-refractivity contribution is 6.42. The largest absolute Gasteiger partial charge is 0.309 e. The van der Waals surface area contributed by atoms with Gasteiger partial charge in [0.25, 0.3) is 0 Å². The zero-order valence-corrected chi connectivity index (χ0v) is 12.2. The molecule has 1 atom stereocenters. The second-order valence-electron chi connectivity index (χ2n) is 4.39. The molecule has 1 unspecified atom stereocenters. The fraction of sp³-hybridized carbons (Fsp3) is 0.200. The summed E-state index contributed by atoms with van der Waals surface area (Å²) in [5, 5.41) is 4.00. The minimum Gasteiger partial charge on any atom is -0.309 e. The SMILES string of the molecule is CNC(c1cc(C)ccc1F)c1cccc(Cl)c1Cl. The molecule has 0 aromatic heterocycles. The lowest BCUT2D eigenvalue weighted by Crippen LogP contribution is -2.19. The van der Waals surface area contributed by atoms with Crippen LogP contribution in [0.1, 0.15) is 22.7 Å². The van der Waals surface area contributed by atoms with E-state index in [1.807, 2.05) is 25.1 Å². The molecular weight excluding hydrogens is 284 g/mol. The Bertz CT molecular complexity index is 597. The van der Waals surface area contributed by atoms with Gasteiger partial charge in [0.05, 0.1) is 16.1 Å². The highest BCUT2D eigenvalue weighted by atomic mass is 35.5. The molecule has 0 aliphatic carbocycles. The first-order chi connectivity index (χ1) is 9.04. The van der Waals surface area contributed by atoms with Crippen LogP contribution in [0.2, 0.25) is 10.0 Å². The van der Waals surface area contributed by atoms with Gasteiger partial charge < -0.3 is 5.32 Å². The van der Waals surface area contributed by atoms with Crippen LogP contribution in [-0.4, -0.2) is 7.05 Å². The van der Waals surface area contributed by atoms with Gasteiger partial charge in [-0.05, 0) is 31.7 Å². The van der Waals surface area contributed by atoms with Crippen molar-refractivity contribution in [1.82, 2.24) is 5.32 Å². The Hall–Kier alpha value is -1.09. The molecule has 4 heteroatoms. The quantitative estimate of drug-likeness (QED) is 0.862. The molecule has 2 rings (SSSR count). The van der Waals surface area contributed by atoms with Gasteiger partial charge in [-0.15, -0.1) is 0 Å². The lowest BCUT2D eigenvalue weighted by molar-refractivity contribution is 0.575. The average molecular weight is 298 g/mol. The summed E-state index contributed by atoms with van der Waals surface area (Å²) in [6.07, 6.45) is 0. The summed E-state index contributed by atoms with van der Waals surface area (Å²) in [7, 11) is 1.77. The van der Waals surface area contributed by atoms with E-state index in [-0.39, 0.29) is 11.9 Å². The molecular formula is C15H14Cl2FN. The van der Waals surface area contributed by atoms with Crippen LogP contribution < -0.4 is 5.32 Å². The Morgan fingerprint density at radius 1 is 1.11 bits per heavy atom. The maximum Gasteiger partial charge on any atom is 0.128 e. The first kappa shape index (κ1) is 14.3. The van der Waals surface area contributed by atoms with Crippen molar-refractivity contribution in [2.75, 3.05) is 7.05 Å². The third kappa shape index (κ3) is 2.92. The molecule has 0 saturated heterocycles. The minimum absolute atomic E-state index is 0.263. The van der Waals surface area contributed by atoms with E-state index in [2.05, 4.69) is 5.32 Å². The maximum atomic E-state index is 14.0. The van der Waals surface area contributed by atoms with E-state index in [0.29, 0.717) is 15.6 Å². The van der Waals surface area contributed by atoms with Crippen molar-refractivity contribution in [3.63, 3.8) is 0 Å². The lowest BCUT2D eigenvalue weighted by atomic mass is 9.97. The Balaban J connectivity index is 2.56. The van der Waals surface area contributed by atoms with Gasteiger partial charge in [-0.25, -0.2) is 4.39 Å². The lowest BCUT2D eigenvalue weighted by Gasteiger charge is -2.20. The third-order valence-electron chi connectivity index (χ3n) is 3.04. The molecule has 0 radical (unpaired) electrons. The van der Waals surface area contributed by atoms with E-state index in [1.54, 1.807) is 19.2 Å². The van der Waals surface area contributed by atoms with Crippen LogP contribution in [-0.2, 0) is 0 Å². The van der Waals surface area contributed by atoms with Gasteiger partial charge in [0.1, 0.15) is 5.82 Å². The Morgan fingerprint density at radius 2 is 1.84 bits per heavy atom. The van der Waals surface area contributed by atoms with E-state index in [4.69, 9.17) is 23.2 Å². The van der Waals surface area contributed by atoms with Crippen LogP contribution in [0.15, 0.2) is 36.4 Å². The smallest absolute Gasteiger partial charge is 0.128 e. The van der Waals surface area contributed by atoms with Crippen LogP contribution in [0.4, 0.5) is 4.39 Å². The molecule has 0 bridgehead atoms. The molecule has 0 saturated carbocycles. The number of rotatable bonds is 3. The molecule has 0 fully saturated rings. The molecule has 0 amide bonds. The molecule has 2 aromatic rings. The summed E-state index contributed by atoms with van der Waals surface area (Å²) in [6, 6.07) is 10.1. The molecule has 19 heavy (non-hydrogen) atoms. The van der Waals surface area contributed by atoms with Crippen LogP contribution in [0, 0.1) is 12.7 Å². The van der Waals surface area contributed by atoms with E-state index in [1.165, 1.54) is 6.07 Å². The first-order valence-corrected chi connectivity index (χ1v) is 6.67. The highest BCUT2D eigenvalue weighted by Gasteiger charge is 2.19. The summed E-state index contributed by atoms with van der Waals surface area (Å²) in [5.41, 5.74) is 2.32. The fourth-order valence-corrected chi connectivity index (χ4v) is 2.52. The second kappa shape index (κ2) is 5.91. The number of halogens is 3. The normalized spacial score (nSPS) is 12.5. The maximum absolute atomic E-state index is 14.0. The fourth-order valence-electron chi connectivity index (χ4n) is 2.11. The standard InChI is InChI=1S/C15H14Cl2FN/c1-9-6-7-13(18)11(8-9)15(19-2)10-4-3-5-12(16)14(10)17/h3-8,15,19H,1-2H3. The van der Waals surface area contributed by atoms with E-state index >= 15 is 0 Å². The zero-order valence-electron chi connectivity index (χ0n) is 10.7. The number of nitrogens with one attached hydrogen (secondary N) is 1. The van der Waals surface area contributed by atoms with Crippen molar-refractivity contribution in [1.29, 1.82) is 0 Å². The van der Waals surface area contributed by atoms with Crippen molar-refractivity contribution in [2.45, 2.75) is 13.0 Å². The van der Waals surface area contributed by atoms with Gasteiger partial charge >= 0.3 is 0 Å². The highest BCUT2D eigenvalue weighted by Crippen LogP contribution is 2.34. The second-order valence-corrected chi connectivity index (χ2v) is 5.17. The summed E-state index contributed by atoms with van der Waals surface area (Å²) in [5.74, 6) is -0.263. The van der Waals surface area contributed by atoms with Gasteiger partial charge in [-0.1, -0.05) is 53.0 Å².